The molecule has 0 aromatic rings. The molecule has 6 nitrogen and oxygen atoms in total. The van der Waals surface area contributed by atoms with Crippen LogP contribution in [0.15, 0.2) is 0 Å². The van der Waals surface area contributed by atoms with Crippen molar-refractivity contribution in [3.63, 3.8) is 0 Å². The monoisotopic (exact) mass is 366 g/mol. The topological polar surface area (TPSA) is 39.3 Å². The minimum atomic E-state index is -0.404. The number of likely N-dealkylation sites (N-methyl/N-ethyl adjacent to an activating group) is 1. The molecule has 3 fully saturated rings. The van der Waals surface area contributed by atoms with E-state index in [9.17, 15) is 4.79 Å². The van der Waals surface area contributed by atoms with E-state index >= 15 is 0 Å². The summed E-state index contributed by atoms with van der Waals surface area (Å²) in [4.78, 5) is 21.9. The maximum absolute atomic E-state index is 12.2. The summed E-state index contributed by atoms with van der Waals surface area (Å²) in [6.45, 7) is 14.8. The lowest BCUT2D eigenvalue weighted by Gasteiger charge is -2.45. The second-order valence-corrected chi connectivity index (χ2v) is 9.30. The number of ether oxygens (including phenoxy) is 1. The maximum Gasteiger partial charge on any atom is 0.410 e. The summed E-state index contributed by atoms with van der Waals surface area (Å²) in [5.41, 5.74) is -0.404. The Labute approximate surface area is 159 Å². The van der Waals surface area contributed by atoms with E-state index in [0.29, 0.717) is 6.04 Å². The highest BCUT2D eigenvalue weighted by Gasteiger charge is 2.33. The van der Waals surface area contributed by atoms with Crippen LogP contribution in [0.2, 0.25) is 0 Å². The first-order valence-corrected chi connectivity index (χ1v) is 10.5. The summed E-state index contributed by atoms with van der Waals surface area (Å²) in [5.74, 6) is 0. The number of piperidine rings is 2. The average molecular weight is 367 g/mol. The van der Waals surface area contributed by atoms with Crippen LogP contribution in [0.3, 0.4) is 0 Å². The van der Waals surface area contributed by atoms with Crippen molar-refractivity contribution in [1.82, 2.24) is 19.6 Å². The molecule has 3 aliphatic rings. The highest BCUT2D eigenvalue weighted by atomic mass is 16.6. The van der Waals surface area contributed by atoms with Gasteiger partial charge in [-0.1, -0.05) is 0 Å². The molecule has 0 radical (unpaired) electrons. The van der Waals surface area contributed by atoms with Crippen molar-refractivity contribution in [3.05, 3.63) is 0 Å². The normalized spacial score (nSPS) is 26.2. The van der Waals surface area contributed by atoms with Gasteiger partial charge in [0.2, 0.25) is 0 Å². The number of nitrogens with zero attached hydrogens (tertiary/aromatic N) is 4. The number of hydrogen-bond acceptors (Lipinski definition) is 5. The van der Waals surface area contributed by atoms with Gasteiger partial charge in [-0.25, -0.2) is 4.79 Å². The van der Waals surface area contributed by atoms with Crippen molar-refractivity contribution < 1.29 is 9.53 Å². The highest BCUT2D eigenvalue weighted by Crippen LogP contribution is 2.24. The SMILES string of the molecule is CN1CCN(C2CCN(C3CCN(C(=O)OC(C)(C)C)CC3)CC2)CC1. The van der Waals surface area contributed by atoms with Crippen LogP contribution < -0.4 is 0 Å². The number of rotatable bonds is 2. The molecule has 3 aliphatic heterocycles. The maximum atomic E-state index is 12.2. The van der Waals surface area contributed by atoms with E-state index in [1.165, 1.54) is 52.1 Å². The molecule has 0 N–H and O–H groups in total. The quantitative estimate of drug-likeness (QED) is 0.748. The van der Waals surface area contributed by atoms with Crippen LogP contribution in [0.4, 0.5) is 4.79 Å². The standard InChI is InChI=1S/C20H38N4O2/c1-20(2,3)26-19(25)24-11-7-17(8-12-24)22-9-5-18(6-10-22)23-15-13-21(4)14-16-23/h17-18H,5-16H2,1-4H3. The third kappa shape index (κ3) is 5.33. The van der Waals surface area contributed by atoms with Gasteiger partial charge in [-0.15, -0.1) is 0 Å². The van der Waals surface area contributed by atoms with Gasteiger partial charge in [-0.2, -0.15) is 0 Å². The third-order valence-electron chi connectivity index (χ3n) is 6.19. The van der Waals surface area contributed by atoms with Gasteiger partial charge in [0, 0.05) is 51.4 Å². The fourth-order valence-electron chi connectivity index (χ4n) is 4.54. The molecule has 26 heavy (non-hydrogen) atoms. The summed E-state index contributed by atoms with van der Waals surface area (Å²) >= 11 is 0. The molecule has 1 amide bonds. The Morgan fingerprint density at radius 1 is 0.769 bits per heavy atom. The van der Waals surface area contributed by atoms with E-state index in [4.69, 9.17) is 4.74 Å². The second-order valence-electron chi connectivity index (χ2n) is 9.30. The van der Waals surface area contributed by atoms with Gasteiger partial charge in [0.25, 0.3) is 0 Å². The zero-order valence-corrected chi connectivity index (χ0v) is 17.2. The van der Waals surface area contributed by atoms with Crippen LogP contribution in [0.1, 0.15) is 46.5 Å². The smallest absolute Gasteiger partial charge is 0.410 e. The van der Waals surface area contributed by atoms with E-state index in [-0.39, 0.29) is 6.09 Å². The first-order chi connectivity index (χ1) is 12.3. The van der Waals surface area contributed by atoms with Gasteiger partial charge in [-0.05, 0) is 66.6 Å². The lowest BCUT2D eigenvalue weighted by atomic mass is 9.97. The first-order valence-electron chi connectivity index (χ1n) is 10.5. The summed E-state index contributed by atoms with van der Waals surface area (Å²) in [7, 11) is 2.23. The molecule has 0 spiro atoms. The molecule has 3 rings (SSSR count). The molecule has 0 unspecified atom stereocenters. The van der Waals surface area contributed by atoms with Gasteiger partial charge >= 0.3 is 6.09 Å². The van der Waals surface area contributed by atoms with Gasteiger partial charge in [0.15, 0.2) is 0 Å². The van der Waals surface area contributed by atoms with E-state index < -0.39 is 5.60 Å². The minimum Gasteiger partial charge on any atom is -0.444 e. The predicted octanol–water partition coefficient (Wildman–Crippen LogP) is 2.10. The van der Waals surface area contributed by atoms with Crippen LogP contribution in [-0.4, -0.2) is 103 Å². The molecular formula is C20H38N4O2. The molecule has 0 aliphatic carbocycles. The summed E-state index contributed by atoms with van der Waals surface area (Å²) < 4.78 is 5.51. The van der Waals surface area contributed by atoms with Crippen LogP contribution in [0, 0.1) is 0 Å². The second kappa shape index (κ2) is 8.44. The van der Waals surface area contributed by atoms with Gasteiger partial charge in [-0.3, -0.25) is 4.90 Å². The Balaban J connectivity index is 1.39. The Bertz CT molecular complexity index is 455. The molecule has 0 bridgehead atoms. The van der Waals surface area contributed by atoms with Crippen LogP contribution in [0.25, 0.3) is 0 Å². The molecular weight excluding hydrogens is 328 g/mol. The van der Waals surface area contributed by atoms with E-state index in [1.807, 2.05) is 25.7 Å². The highest BCUT2D eigenvalue weighted by molar-refractivity contribution is 5.68. The molecule has 0 aromatic heterocycles. The van der Waals surface area contributed by atoms with E-state index in [1.54, 1.807) is 0 Å². The predicted molar refractivity (Wildman–Crippen MR) is 104 cm³/mol. The number of carbonyl (C=O) groups excluding carboxylic acids is 1. The number of likely N-dealkylation sites (tertiary alicyclic amines) is 2. The Kier molecular flexibility index (Phi) is 6.46. The van der Waals surface area contributed by atoms with Gasteiger partial charge < -0.3 is 19.4 Å². The number of hydrogen-bond donors (Lipinski definition) is 0. The van der Waals surface area contributed by atoms with Crippen molar-refractivity contribution in [3.8, 4) is 0 Å². The first kappa shape index (κ1) is 19.9. The zero-order chi connectivity index (χ0) is 18.7. The lowest BCUT2D eigenvalue weighted by molar-refractivity contribution is 0.00810. The fraction of sp³-hybridized carbons (Fsp3) is 0.950. The summed E-state index contributed by atoms with van der Waals surface area (Å²) in [5, 5.41) is 0. The van der Waals surface area contributed by atoms with Crippen molar-refractivity contribution in [2.45, 2.75) is 64.1 Å². The number of amides is 1. The van der Waals surface area contributed by atoms with Crippen LogP contribution in [0.5, 0.6) is 0 Å². The van der Waals surface area contributed by atoms with Crippen molar-refractivity contribution in [2.75, 3.05) is 59.4 Å². The largest absolute Gasteiger partial charge is 0.444 e. The molecule has 3 heterocycles. The summed E-state index contributed by atoms with van der Waals surface area (Å²) in [6, 6.07) is 1.42. The lowest BCUT2D eigenvalue weighted by Crippen LogP contribution is -2.55. The number of carbonyl (C=O) groups is 1. The van der Waals surface area contributed by atoms with Crippen molar-refractivity contribution >= 4 is 6.09 Å². The molecule has 0 saturated carbocycles. The Morgan fingerprint density at radius 2 is 1.23 bits per heavy atom. The average Bonchev–Trinajstić information content (AvgIpc) is 2.61. The molecule has 0 atom stereocenters. The zero-order valence-electron chi connectivity index (χ0n) is 17.2. The van der Waals surface area contributed by atoms with Crippen LogP contribution >= 0.6 is 0 Å². The van der Waals surface area contributed by atoms with Crippen LogP contribution in [-0.2, 0) is 4.74 Å². The Hall–Kier alpha value is -0.850. The molecule has 3 saturated heterocycles. The Morgan fingerprint density at radius 3 is 1.73 bits per heavy atom. The van der Waals surface area contributed by atoms with Gasteiger partial charge in [0.05, 0.1) is 0 Å². The molecule has 6 heteroatoms. The van der Waals surface area contributed by atoms with E-state index in [2.05, 4.69) is 21.7 Å². The van der Waals surface area contributed by atoms with E-state index in [0.717, 1.165) is 32.0 Å². The molecule has 0 aromatic carbocycles. The summed E-state index contributed by atoms with van der Waals surface area (Å²) in [6.07, 6.45) is 4.62. The molecule has 150 valence electrons. The van der Waals surface area contributed by atoms with Crippen molar-refractivity contribution in [1.29, 1.82) is 0 Å². The van der Waals surface area contributed by atoms with Crippen molar-refractivity contribution in [2.24, 2.45) is 0 Å². The number of piperazine rings is 1. The minimum absolute atomic E-state index is 0.148. The fourth-order valence-corrected chi connectivity index (χ4v) is 4.54. The van der Waals surface area contributed by atoms with Gasteiger partial charge in [0.1, 0.15) is 5.60 Å². The third-order valence-corrected chi connectivity index (χ3v) is 6.19.